The van der Waals surface area contributed by atoms with Gasteiger partial charge in [0.2, 0.25) is 0 Å². The lowest BCUT2D eigenvalue weighted by atomic mass is 9.51. The molecule has 0 aromatic heterocycles. The van der Waals surface area contributed by atoms with E-state index >= 15 is 0 Å². The molecule has 0 saturated heterocycles. The van der Waals surface area contributed by atoms with Crippen LogP contribution in [0.1, 0.15) is 47.0 Å². The summed E-state index contributed by atoms with van der Waals surface area (Å²) in [7, 11) is 0. The second-order valence-corrected chi connectivity index (χ2v) is 6.55. The van der Waals surface area contributed by atoms with Gasteiger partial charge in [-0.2, -0.15) is 0 Å². The van der Waals surface area contributed by atoms with Crippen LogP contribution in [-0.2, 0) is 0 Å². The van der Waals surface area contributed by atoms with Crippen LogP contribution in [0.15, 0.2) is 36.0 Å². The molecule has 0 N–H and O–H groups in total. The normalized spacial score (nSPS) is 38.0. The van der Waals surface area contributed by atoms with Crippen LogP contribution in [-0.4, -0.2) is 0 Å². The summed E-state index contributed by atoms with van der Waals surface area (Å²) < 4.78 is 0. The Hall–Kier alpha value is -0.780. The third kappa shape index (κ3) is 1.50. The fourth-order valence-corrected chi connectivity index (χ4v) is 4.07. The minimum Gasteiger partial charge on any atom is -0.0998 e. The van der Waals surface area contributed by atoms with Gasteiger partial charge in [0, 0.05) is 0 Å². The first-order valence-electron chi connectivity index (χ1n) is 6.33. The van der Waals surface area contributed by atoms with Crippen LogP contribution in [0.25, 0.3) is 0 Å². The summed E-state index contributed by atoms with van der Waals surface area (Å²) in [5.74, 6) is 0.724. The summed E-state index contributed by atoms with van der Waals surface area (Å²) in [5.41, 5.74) is 4.70. The Morgan fingerprint density at radius 2 is 1.88 bits per heavy atom. The Bertz CT molecular complexity index is 381. The molecule has 1 fully saturated rings. The maximum absolute atomic E-state index is 4.30. The smallest absolute Gasteiger partial charge is 0.00671 e. The van der Waals surface area contributed by atoms with Crippen molar-refractivity contribution >= 4 is 0 Å². The summed E-state index contributed by atoms with van der Waals surface area (Å²) in [4.78, 5) is 0. The van der Waals surface area contributed by atoms with Gasteiger partial charge in [-0.3, -0.25) is 0 Å². The molecule has 2 aliphatic carbocycles. The van der Waals surface area contributed by atoms with Gasteiger partial charge in [-0.1, -0.05) is 51.2 Å². The predicted molar refractivity (Wildman–Crippen MR) is 71.3 cm³/mol. The lowest BCUT2D eigenvalue weighted by molar-refractivity contribution is 0.0876. The molecule has 0 amide bonds. The van der Waals surface area contributed by atoms with Crippen molar-refractivity contribution in [3.05, 3.63) is 36.0 Å². The molecule has 2 aliphatic rings. The fraction of sp³-hybridized carbons (Fsp3) is 0.625. The molecule has 0 heterocycles. The Balaban J connectivity index is 2.50. The summed E-state index contributed by atoms with van der Waals surface area (Å²) in [5, 5.41) is 0. The quantitative estimate of drug-likeness (QED) is 0.506. The van der Waals surface area contributed by atoms with Crippen molar-refractivity contribution < 1.29 is 0 Å². The van der Waals surface area contributed by atoms with Crippen molar-refractivity contribution in [1.29, 1.82) is 0 Å². The highest BCUT2D eigenvalue weighted by atomic mass is 14.5. The number of rotatable bonds is 0. The number of hydrogen-bond donors (Lipinski definition) is 0. The lowest BCUT2D eigenvalue weighted by Gasteiger charge is -2.53. The molecule has 0 aromatic carbocycles. The van der Waals surface area contributed by atoms with Crippen molar-refractivity contribution in [3.8, 4) is 0 Å². The SMILES string of the molecule is C=C1CCC2C(C)(C)C(=C)C(C)=C[C@]2(C)C1. The lowest BCUT2D eigenvalue weighted by Crippen LogP contribution is -2.44. The molecule has 0 radical (unpaired) electrons. The zero-order chi connectivity index (χ0) is 12.1. The zero-order valence-electron chi connectivity index (χ0n) is 11.2. The van der Waals surface area contributed by atoms with Gasteiger partial charge in [0.1, 0.15) is 0 Å². The van der Waals surface area contributed by atoms with E-state index in [-0.39, 0.29) is 5.41 Å². The first kappa shape index (κ1) is 11.7. The Labute approximate surface area is 100 Å². The van der Waals surface area contributed by atoms with Gasteiger partial charge in [0.15, 0.2) is 0 Å². The monoisotopic (exact) mass is 216 g/mol. The second-order valence-electron chi connectivity index (χ2n) is 6.55. The molecule has 0 bridgehead atoms. The maximum Gasteiger partial charge on any atom is -0.00671 e. The number of allylic oxidation sites excluding steroid dienone is 4. The van der Waals surface area contributed by atoms with E-state index in [1.165, 1.54) is 29.6 Å². The van der Waals surface area contributed by atoms with E-state index < -0.39 is 0 Å². The van der Waals surface area contributed by atoms with Crippen LogP contribution in [0.5, 0.6) is 0 Å². The maximum atomic E-state index is 4.30. The largest absolute Gasteiger partial charge is 0.0998 e. The number of hydrogen-bond acceptors (Lipinski definition) is 0. The van der Waals surface area contributed by atoms with Crippen molar-refractivity contribution in [3.63, 3.8) is 0 Å². The first-order chi connectivity index (χ1) is 7.27. The van der Waals surface area contributed by atoms with Gasteiger partial charge in [-0.25, -0.2) is 0 Å². The average Bonchev–Trinajstić information content (AvgIpc) is 2.13. The summed E-state index contributed by atoms with van der Waals surface area (Å²) >= 11 is 0. The zero-order valence-corrected chi connectivity index (χ0v) is 11.2. The third-order valence-corrected chi connectivity index (χ3v) is 4.88. The van der Waals surface area contributed by atoms with E-state index in [2.05, 4.69) is 46.9 Å². The number of fused-ring (bicyclic) bond motifs is 1. The molecule has 2 atom stereocenters. The molecule has 0 aromatic rings. The molecule has 0 heteroatoms. The molecule has 16 heavy (non-hydrogen) atoms. The Kier molecular flexibility index (Phi) is 2.45. The topological polar surface area (TPSA) is 0 Å². The van der Waals surface area contributed by atoms with E-state index in [1.807, 2.05) is 0 Å². The van der Waals surface area contributed by atoms with Crippen molar-refractivity contribution in [2.45, 2.75) is 47.0 Å². The molecule has 1 unspecified atom stereocenters. The second kappa shape index (κ2) is 3.35. The molecule has 88 valence electrons. The highest BCUT2D eigenvalue weighted by molar-refractivity contribution is 5.40. The van der Waals surface area contributed by atoms with Gasteiger partial charge in [-0.05, 0) is 48.5 Å². The molecule has 0 spiro atoms. The van der Waals surface area contributed by atoms with Crippen LogP contribution < -0.4 is 0 Å². The molecule has 1 saturated carbocycles. The van der Waals surface area contributed by atoms with Gasteiger partial charge >= 0.3 is 0 Å². The minimum absolute atomic E-state index is 0.244. The van der Waals surface area contributed by atoms with E-state index in [1.54, 1.807) is 0 Å². The first-order valence-corrected chi connectivity index (χ1v) is 6.33. The Morgan fingerprint density at radius 1 is 1.25 bits per heavy atom. The third-order valence-electron chi connectivity index (χ3n) is 4.88. The molecule has 0 nitrogen and oxygen atoms in total. The standard InChI is InChI=1S/C16H24/c1-11-7-8-14-15(4,5)13(3)12(2)10-16(14,6)9-11/h10,14H,1,3,7-9H2,2,4-6H3/t14?,16-/m0/s1. The molecule has 2 rings (SSSR count). The van der Waals surface area contributed by atoms with E-state index in [0.29, 0.717) is 5.41 Å². The summed E-state index contributed by atoms with van der Waals surface area (Å²) in [6.07, 6.45) is 6.08. The van der Waals surface area contributed by atoms with E-state index in [4.69, 9.17) is 0 Å². The van der Waals surface area contributed by atoms with Gasteiger partial charge < -0.3 is 0 Å². The van der Waals surface area contributed by atoms with Crippen LogP contribution in [0.4, 0.5) is 0 Å². The van der Waals surface area contributed by atoms with Crippen molar-refractivity contribution in [1.82, 2.24) is 0 Å². The van der Waals surface area contributed by atoms with Gasteiger partial charge in [-0.15, -0.1) is 0 Å². The van der Waals surface area contributed by atoms with Gasteiger partial charge in [0.05, 0.1) is 0 Å². The van der Waals surface area contributed by atoms with Crippen LogP contribution >= 0.6 is 0 Å². The highest BCUT2D eigenvalue weighted by Gasteiger charge is 2.48. The van der Waals surface area contributed by atoms with Crippen LogP contribution in [0.3, 0.4) is 0 Å². The van der Waals surface area contributed by atoms with Gasteiger partial charge in [0.25, 0.3) is 0 Å². The Morgan fingerprint density at radius 3 is 2.50 bits per heavy atom. The van der Waals surface area contributed by atoms with Crippen molar-refractivity contribution in [2.24, 2.45) is 16.7 Å². The summed E-state index contributed by atoms with van der Waals surface area (Å²) in [6.45, 7) is 17.8. The molecular weight excluding hydrogens is 192 g/mol. The van der Waals surface area contributed by atoms with Crippen LogP contribution in [0, 0.1) is 16.7 Å². The van der Waals surface area contributed by atoms with E-state index in [0.717, 1.165) is 12.3 Å². The van der Waals surface area contributed by atoms with E-state index in [9.17, 15) is 0 Å². The molecule has 0 aliphatic heterocycles. The minimum atomic E-state index is 0.244. The van der Waals surface area contributed by atoms with Crippen LogP contribution in [0.2, 0.25) is 0 Å². The molecular formula is C16H24. The predicted octanol–water partition coefficient (Wildman–Crippen LogP) is 4.89. The van der Waals surface area contributed by atoms with Crippen molar-refractivity contribution in [2.75, 3.05) is 0 Å². The fourth-order valence-electron chi connectivity index (χ4n) is 4.07. The highest BCUT2D eigenvalue weighted by Crippen LogP contribution is 2.58. The average molecular weight is 216 g/mol. The summed E-state index contributed by atoms with van der Waals surface area (Å²) in [6, 6.07) is 0.